The molecule has 0 radical (unpaired) electrons. The zero-order valence-corrected chi connectivity index (χ0v) is 12.7. The topological polar surface area (TPSA) is 44.8 Å². The molecule has 2 rings (SSSR count). The molecule has 4 nitrogen and oxygen atoms in total. The molecule has 2 fully saturated rings. The average molecular weight is 282 g/mol. The van der Waals surface area contributed by atoms with Crippen molar-refractivity contribution in [3.05, 3.63) is 11.6 Å². The Labute approximate surface area is 121 Å². The largest absolute Gasteiger partial charge is 0.469 e. The minimum Gasteiger partial charge on any atom is -0.469 e. The highest BCUT2D eigenvalue weighted by molar-refractivity contribution is 5.71. The van der Waals surface area contributed by atoms with Gasteiger partial charge in [-0.25, -0.2) is 0 Å². The number of carbonyl (C=O) groups is 1. The first-order valence-corrected chi connectivity index (χ1v) is 7.73. The molecule has 0 bridgehead atoms. The van der Waals surface area contributed by atoms with Crippen molar-refractivity contribution in [1.82, 2.24) is 0 Å². The summed E-state index contributed by atoms with van der Waals surface area (Å²) in [5, 5.41) is 0. The van der Waals surface area contributed by atoms with Gasteiger partial charge in [-0.2, -0.15) is 0 Å². The molecule has 0 amide bonds. The van der Waals surface area contributed by atoms with Crippen LogP contribution >= 0.6 is 0 Å². The van der Waals surface area contributed by atoms with E-state index in [1.54, 1.807) is 0 Å². The molecule has 0 unspecified atom stereocenters. The molecule has 2 aliphatic rings. The first-order chi connectivity index (χ1) is 9.69. The van der Waals surface area contributed by atoms with Crippen LogP contribution in [0.25, 0.3) is 0 Å². The van der Waals surface area contributed by atoms with Crippen molar-refractivity contribution >= 4 is 5.97 Å². The summed E-state index contributed by atoms with van der Waals surface area (Å²) in [5.74, 6) is -0.0253. The molecule has 1 spiro atoms. The number of methoxy groups -OCH3 is 1. The summed E-state index contributed by atoms with van der Waals surface area (Å²) in [6.45, 7) is 3.58. The van der Waals surface area contributed by atoms with Gasteiger partial charge in [0.05, 0.1) is 26.7 Å². The summed E-state index contributed by atoms with van der Waals surface area (Å²) in [6, 6.07) is 0. The quantitative estimate of drug-likeness (QED) is 0.574. The molecule has 0 aromatic rings. The Hall–Kier alpha value is -0.870. The van der Waals surface area contributed by atoms with Crippen LogP contribution < -0.4 is 0 Å². The lowest BCUT2D eigenvalue weighted by Gasteiger charge is -2.37. The lowest BCUT2D eigenvalue weighted by Crippen LogP contribution is -2.36. The average Bonchev–Trinajstić information content (AvgIpc) is 2.92. The summed E-state index contributed by atoms with van der Waals surface area (Å²) >= 11 is 0. The SMILES string of the molecule is CCCC[C@@H]1CCC2(C/C1=C/CC(=O)OC)OCCO2. The number of unbranched alkanes of at least 4 members (excludes halogenated alkanes) is 1. The van der Waals surface area contributed by atoms with Gasteiger partial charge in [0, 0.05) is 12.8 Å². The van der Waals surface area contributed by atoms with Gasteiger partial charge in [0.2, 0.25) is 0 Å². The van der Waals surface area contributed by atoms with E-state index in [0.717, 1.165) is 19.3 Å². The smallest absolute Gasteiger partial charge is 0.309 e. The fourth-order valence-electron chi connectivity index (χ4n) is 3.18. The standard InChI is InChI=1S/C16H26O4/c1-3-4-5-13-8-9-16(19-10-11-20-16)12-14(13)6-7-15(17)18-2/h6,13H,3-5,7-12H2,1-2H3/b14-6-/t13-/m1/s1. The third-order valence-electron chi connectivity index (χ3n) is 4.35. The maximum absolute atomic E-state index is 11.4. The number of hydrogen-bond acceptors (Lipinski definition) is 4. The number of ether oxygens (including phenoxy) is 3. The Kier molecular flexibility index (Phi) is 5.61. The van der Waals surface area contributed by atoms with Crippen LogP contribution in [0.3, 0.4) is 0 Å². The maximum Gasteiger partial charge on any atom is 0.309 e. The Bertz CT molecular complexity index is 355. The zero-order chi connectivity index (χ0) is 14.4. The van der Waals surface area contributed by atoms with Crippen molar-refractivity contribution in [3.8, 4) is 0 Å². The third-order valence-corrected chi connectivity index (χ3v) is 4.35. The Morgan fingerprint density at radius 2 is 2.20 bits per heavy atom. The van der Waals surface area contributed by atoms with Crippen LogP contribution in [0.2, 0.25) is 0 Å². The van der Waals surface area contributed by atoms with Crippen LogP contribution in [-0.4, -0.2) is 32.1 Å². The fourth-order valence-corrected chi connectivity index (χ4v) is 3.18. The number of hydrogen-bond donors (Lipinski definition) is 0. The molecule has 1 aliphatic heterocycles. The van der Waals surface area contributed by atoms with E-state index >= 15 is 0 Å². The van der Waals surface area contributed by atoms with Crippen LogP contribution in [0.15, 0.2) is 11.6 Å². The summed E-state index contributed by atoms with van der Waals surface area (Å²) in [5.41, 5.74) is 1.32. The molecule has 4 heteroatoms. The lowest BCUT2D eigenvalue weighted by molar-refractivity contribution is -0.171. The normalized spacial score (nSPS) is 27.1. The molecule has 1 saturated heterocycles. The van der Waals surface area contributed by atoms with Crippen molar-refractivity contribution in [2.24, 2.45) is 5.92 Å². The molecular formula is C16H26O4. The first kappa shape index (κ1) is 15.5. The van der Waals surface area contributed by atoms with Crippen molar-refractivity contribution in [2.75, 3.05) is 20.3 Å². The summed E-state index contributed by atoms with van der Waals surface area (Å²) in [6.07, 6.45) is 8.89. The minimum atomic E-state index is -0.412. The van der Waals surface area contributed by atoms with E-state index in [1.165, 1.54) is 31.9 Å². The van der Waals surface area contributed by atoms with E-state index in [1.807, 2.05) is 6.08 Å². The number of esters is 1. The van der Waals surface area contributed by atoms with Crippen LogP contribution in [0.5, 0.6) is 0 Å². The molecule has 1 atom stereocenters. The van der Waals surface area contributed by atoms with Crippen LogP contribution in [0.4, 0.5) is 0 Å². The molecule has 114 valence electrons. The van der Waals surface area contributed by atoms with Gasteiger partial charge >= 0.3 is 5.97 Å². The predicted molar refractivity (Wildman–Crippen MR) is 76.2 cm³/mol. The van der Waals surface area contributed by atoms with Crippen molar-refractivity contribution in [2.45, 2.75) is 57.7 Å². The van der Waals surface area contributed by atoms with Gasteiger partial charge in [0.1, 0.15) is 0 Å². The van der Waals surface area contributed by atoms with Gasteiger partial charge < -0.3 is 14.2 Å². The maximum atomic E-state index is 11.4. The zero-order valence-electron chi connectivity index (χ0n) is 12.7. The highest BCUT2D eigenvalue weighted by atomic mass is 16.7. The van der Waals surface area contributed by atoms with Gasteiger partial charge in [-0.1, -0.05) is 31.4 Å². The van der Waals surface area contributed by atoms with E-state index in [2.05, 4.69) is 6.92 Å². The van der Waals surface area contributed by atoms with E-state index in [-0.39, 0.29) is 5.97 Å². The van der Waals surface area contributed by atoms with Gasteiger partial charge in [-0.05, 0) is 18.8 Å². The summed E-state index contributed by atoms with van der Waals surface area (Å²) in [7, 11) is 1.43. The van der Waals surface area contributed by atoms with Gasteiger partial charge in [0.25, 0.3) is 0 Å². The molecule has 20 heavy (non-hydrogen) atoms. The third kappa shape index (κ3) is 3.83. The van der Waals surface area contributed by atoms with Crippen molar-refractivity contribution < 1.29 is 19.0 Å². The summed E-state index contributed by atoms with van der Waals surface area (Å²) in [4.78, 5) is 11.4. The van der Waals surface area contributed by atoms with E-state index < -0.39 is 5.79 Å². The second kappa shape index (κ2) is 7.23. The minimum absolute atomic E-state index is 0.181. The fraction of sp³-hybridized carbons (Fsp3) is 0.812. The highest BCUT2D eigenvalue weighted by Gasteiger charge is 2.42. The molecule has 0 N–H and O–H groups in total. The Morgan fingerprint density at radius 1 is 1.45 bits per heavy atom. The van der Waals surface area contributed by atoms with Crippen LogP contribution in [0, 0.1) is 5.92 Å². The Balaban J connectivity index is 2.03. The summed E-state index contributed by atoms with van der Waals surface area (Å²) < 4.78 is 16.4. The number of carbonyl (C=O) groups excluding carboxylic acids is 1. The molecule has 1 heterocycles. The van der Waals surface area contributed by atoms with Crippen molar-refractivity contribution in [3.63, 3.8) is 0 Å². The monoisotopic (exact) mass is 282 g/mol. The predicted octanol–water partition coefficient (Wildman–Crippen LogP) is 3.21. The first-order valence-electron chi connectivity index (χ1n) is 7.73. The molecule has 0 aromatic carbocycles. The van der Waals surface area contributed by atoms with E-state index in [0.29, 0.717) is 25.6 Å². The molecular weight excluding hydrogens is 256 g/mol. The van der Waals surface area contributed by atoms with Crippen molar-refractivity contribution in [1.29, 1.82) is 0 Å². The van der Waals surface area contributed by atoms with Crippen LogP contribution in [-0.2, 0) is 19.0 Å². The second-order valence-corrected chi connectivity index (χ2v) is 5.72. The van der Waals surface area contributed by atoms with Crippen LogP contribution in [0.1, 0.15) is 51.9 Å². The number of rotatable bonds is 5. The molecule has 1 saturated carbocycles. The molecule has 1 aliphatic carbocycles. The lowest BCUT2D eigenvalue weighted by atomic mass is 9.78. The van der Waals surface area contributed by atoms with Gasteiger partial charge in [0.15, 0.2) is 5.79 Å². The van der Waals surface area contributed by atoms with Gasteiger partial charge in [-0.3, -0.25) is 4.79 Å². The molecule has 0 aromatic heterocycles. The van der Waals surface area contributed by atoms with Gasteiger partial charge in [-0.15, -0.1) is 0 Å². The van der Waals surface area contributed by atoms with E-state index in [9.17, 15) is 4.79 Å². The second-order valence-electron chi connectivity index (χ2n) is 5.72. The highest BCUT2D eigenvalue weighted by Crippen LogP contribution is 2.43. The Morgan fingerprint density at radius 3 is 2.85 bits per heavy atom. The van der Waals surface area contributed by atoms with E-state index in [4.69, 9.17) is 14.2 Å².